The third-order valence-electron chi connectivity index (χ3n) is 2.03. The van der Waals surface area contributed by atoms with Crippen molar-refractivity contribution in [2.24, 2.45) is 10.7 Å². The van der Waals surface area contributed by atoms with Crippen LogP contribution in [-0.4, -0.2) is 18.8 Å². The molecular formula is C7H14N2. The van der Waals surface area contributed by atoms with Gasteiger partial charge in [0, 0.05) is 5.54 Å². The average molecular weight is 126 g/mol. The SMILES string of the molecule is C=NCC1(N)CCCC1. The van der Waals surface area contributed by atoms with Gasteiger partial charge in [0.25, 0.3) is 0 Å². The van der Waals surface area contributed by atoms with Crippen molar-refractivity contribution in [2.45, 2.75) is 31.2 Å². The lowest BCUT2D eigenvalue weighted by atomic mass is 10.00. The molecule has 0 spiro atoms. The molecule has 0 aliphatic heterocycles. The van der Waals surface area contributed by atoms with Gasteiger partial charge in [-0.1, -0.05) is 12.8 Å². The third-order valence-corrected chi connectivity index (χ3v) is 2.03. The van der Waals surface area contributed by atoms with Crippen LogP contribution in [0.2, 0.25) is 0 Å². The summed E-state index contributed by atoms with van der Waals surface area (Å²) < 4.78 is 0. The topological polar surface area (TPSA) is 38.4 Å². The van der Waals surface area contributed by atoms with Gasteiger partial charge in [-0.2, -0.15) is 0 Å². The van der Waals surface area contributed by atoms with Gasteiger partial charge >= 0.3 is 0 Å². The van der Waals surface area contributed by atoms with Gasteiger partial charge in [-0.05, 0) is 19.6 Å². The van der Waals surface area contributed by atoms with Crippen LogP contribution in [-0.2, 0) is 0 Å². The molecular weight excluding hydrogens is 112 g/mol. The number of aliphatic imine (C=N–C) groups is 1. The maximum Gasteiger partial charge on any atom is 0.0562 e. The largest absolute Gasteiger partial charge is 0.324 e. The number of hydrogen-bond acceptors (Lipinski definition) is 2. The van der Waals surface area contributed by atoms with Gasteiger partial charge in [-0.15, -0.1) is 0 Å². The summed E-state index contributed by atoms with van der Waals surface area (Å²) in [5.41, 5.74) is 5.95. The molecule has 0 heterocycles. The minimum absolute atomic E-state index is 0.0156. The van der Waals surface area contributed by atoms with Crippen molar-refractivity contribution >= 4 is 6.72 Å². The fourth-order valence-corrected chi connectivity index (χ4v) is 1.46. The van der Waals surface area contributed by atoms with Gasteiger partial charge < -0.3 is 5.73 Å². The van der Waals surface area contributed by atoms with Crippen molar-refractivity contribution in [1.82, 2.24) is 0 Å². The zero-order valence-electron chi connectivity index (χ0n) is 5.77. The van der Waals surface area contributed by atoms with Crippen LogP contribution in [0.4, 0.5) is 0 Å². The van der Waals surface area contributed by atoms with Crippen molar-refractivity contribution in [3.63, 3.8) is 0 Å². The Morgan fingerprint density at radius 3 is 2.44 bits per heavy atom. The molecule has 0 aromatic carbocycles. The Balaban J connectivity index is 2.40. The van der Waals surface area contributed by atoms with Gasteiger partial charge in [-0.25, -0.2) is 0 Å². The molecule has 0 amide bonds. The van der Waals surface area contributed by atoms with E-state index in [2.05, 4.69) is 11.7 Å². The first kappa shape index (κ1) is 6.75. The summed E-state index contributed by atoms with van der Waals surface area (Å²) in [4.78, 5) is 3.81. The average Bonchev–Trinajstić information content (AvgIpc) is 2.16. The summed E-state index contributed by atoms with van der Waals surface area (Å²) in [6, 6.07) is 0. The molecule has 2 heteroatoms. The lowest BCUT2D eigenvalue weighted by molar-refractivity contribution is 0.453. The van der Waals surface area contributed by atoms with Crippen LogP contribution in [0.5, 0.6) is 0 Å². The first-order chi connectivity index (χ1) is 4.27. The number of rotatable bonds is 2. The Kier molecular flexibility index (Phi) is 1.86. The molecule has 1 aliphatic rings. The summed E-state index contributed by atoms with van der Waals surface area (Å²) in [5, 5.41) is 0. The second-order valence-corrected chi connectivity index (χ2v) is 2.95. The van der Waals surface area contributed by atoms with Crippen molar-refractivity contribution in [3.8, 4) is 0 Å². The normalized spacial score (nSPS) is 24.1. The van der Waals surface area contributed by atoms with E-state index < -0.39 is 0 Å². The molecule has 0 unspecified atom stereocenters. The smallest absolute Gasteiger partial charge is 0.0562 e. The van der Waals surface area contributed by atoms with Crippen LogP contribution < -0.4 is 5.73 Å². The Labute approximate surface area is 56.2 Å². The van der Waals surface area contributed by atoms with E-state index in [1.165, 1.54) is 12.8 Å². The molecule has 1 fully saturated rings. The second-order valence-electron chi connectivity index (χ2n) is 2.95. The quantitative estimate of drug-likeness (QED) is 0.550. The summed E-state index contributed by atoms with van der Waals surface area (Å²) in [6.07, 6.45) is 4.80. The van der Waals surface area contributed by atoms with Crippen LogP contribution >= 0.6 is 0 Å². The maximum absolute atomic E-state index is 5.94. The maximum atomic E-state index is 5.94. The highest BCUT2D eigenvalue weighted by atomic mass is 14.8. The molecule has 9 heavy (non-hydrogen) atoms. The predicted molar refractivity (Wildman–Crippen MR) is 39.8 cm³/mol. The molecule has 2 nitrogen and oxygen atoms in total. The standard InChI is InChI=1S/C7H14N2/c1-9-6-7(8)4-2-3-5-7/h1-6,8H2. The lowest BCUT2D eigenvalue weighted by Gasteiger charge is -2.19. The third kappa shape index (κ3) is 1.52. The molecule has 0 radical (unpaired) electrons. The van der Waals surface area contributed by atoms with E-state index in [4.69, 9.17) is 5.73 Å². The molecule has 2 N–H and O–H groups in total. The summed E-state index contributed by atoms with van der Waals surface area (Å²) in [6.45, 7) is 4.18. The molecule has 1 rings (SSSR count). The fraction of sp³-hybridized carbons (Fsp3) is 0.857. The van der Waals surface area contributed by atoms with E-state index in [-0.39, 0.29) is 5.54 Å². The second kappa shape index (κ2) is 2.48. The van der Waals surface area contributed by atoms with Crippen molar-refractivity contribution < 1.29 is 0 Å². The number of nitrogens with two attached hydrogens (primary N) is 1. The van der Waals surface area contributed by atoms with E-state index in [0.717, 1.165) is 19.4 Å². The zero-order chi connectivity index (χ0) is 6.74. The molecule has 0 saturated heterocycles. The van der Waals surface area contributed by atoms with Gasteiger partial charge in [0.15, 0.2) is 0 Å². The predicted octanol–water partition coefficient (Wildman–Crippen LogP) is 0.958. The highest BCUT2D eigenvalue weighted by Gasteiger charge is 2.28. The van der Waals surface area contributed by atoms with Crippen LogP contribution in [0.15, 0.2) is 4.99 Å². The molecule has 52 valence electrons. The molecule has 0 aromatic rings. The van der Waals surface area contributed by atoms with Crippen LogP contribution in [0, 0.1) is 0 Å². The number of hydrogen-bond donors (Lipinski definition) is 1. The summed E-state index contributed by atoms with van der Waals surface area (Å²) >= 11 is 0. The summed E-state index contributed by atoms with van der Waals surface area (Å²) in [7, 11) is 0. The van der Waals surface area contributed by atoms with Crippen LogP contribution in [0.25, 0.3) is 0 Å². The van der Waals surface area contributed by atoms with E-state index in [1.54, 1.807) is 0 Å². The Hall–Kier alpha value is -0.370. The number of nitrogens with zero attached hydrogens (tertiary/aromatic N) is 1. The van der Waals surface area contributed by atoms with Crippen LogP contribution in [0.3, 0.4) is 0 Å². The molecule has 0 atom stereocenters. The Bertz CT molecular complexity index is 103. The van der Waals surface area contributed by atoms with E-state index >= 15 is 0 Å². The van der Waals surface area contributed by atoms with Crippen molar-refractivity contribution in [3.05, 3.63) is 0 Å². The van der Waals surface area contributed by atoms with Crippen molar-refractivity contribution in [2.75, 3.05) is 6.54 Å². The fourth-order valence-electron chi connectivity index (χ4n) is 1.46. The summed E-state index contributed by atoms with van der Waals surface area (Å²) in [5.74, 6) is 0. The minimum atomic E-state index is 0.0156. The van der Waals surface area contributed by atoms with Gasteiger partial charge in [-0.3, -0.25) is 4.99 Å². The molecule has 1 saturated carbocycles. The lowest BCUT2D eigenvalue weighted by Crippen LogP contribution is -2.39. The van der Waals surface area contributed by atoms with E-state index in [0.29, 0.717) is 0 Å². The molecule has 1 aliphatic carbocycles. The van der Waals surface area contributed by atoms with Gasteiger partial charge in [0.05, 0.1) is 6.54 Å². The molecule has 0 aromatic heterocycles. The van der Waals surface area contributed by atoms with E-state index in [9.17, 15) is 0 Å². The van der Waals surface area contributed by atoms with Crippen molar-refractivity contribution in [1.29, 1.82) is 0 Å². The van der Waals surface area contributed by atoms with Gasteiger partial charge in [0.2, 0.25) is 0 Å². The Morgan fingerprint density at radius 2 is 2.00 bits per heavy atom. The zero-order valence-corrected chi connectivity index (χ0v) is 5.77. The highest BCUT2D eigenvalue weighted by Crippen LogP contribution is 2.26. The van der Waals surface area contributed by atoms with Crippen LogP contribution in [0.1, 0.15) is 25.7 Å². The Morgan fingerprint density at radius 1 is 1.44 bits per heavy atom. The molecule has 0 bridgehead atoms. The minimum Gasteiger partial charge on any atom is -0.324 e. The van der Waals surface area contributed by atoms with Gasteiger partial charge in [0.1, 0.15) is 0 Å². The first-order valence-corrected chi connectivity index (χ1v) is 3.48. The monoisotopic (exact) mass is 126 g/mol. The first-order valence-electron chi connectivity index (χ1n) is 3.48. The van der Waals surface area contributed by atoms with E-state index in [1.807, 2.05) is 0 Å². The highest BCUT2D eigenvalue weighted by molar-refractivity contribution is 5.23.